The summed E-state index contributed by atoms with van der Waals surface area (Å²) in [6.45, 7) is 3.90. The van der Waals surface area contributed by atoms with Crippen LogP contribution < -0.4 is 4.74 Å². The zero-order chi connectivity index (χ0) is 13.1. The van der Waals surface area contributed by atoms with Crippen LogP contribution in [0.4, 0.5) is 8.78 Å². The second kappa shape index (κ2) is 5.91. The van der Waals surface area contributed by atoms with Gasteiger partial charge in [-0.25, -0.2) is 4.39 Å². The second-order valence-electron chi connectivity index (χ2n) is 4.88. The van der Waals surface area contributed by atoms with Crippen LogP contribution in [0.1, 0.15) is 39.5 Å². The molecule has 100 valence electrons. The van der Waals surface area contributed by atoms with Crippen LogP contribution in [0, 0.1) is 11.6 Å². The first-order valence-corrected chi connectivity index (χ1v) is 7.27. The molecule has 1 aliphatic rings. The molecule has 0 bridgehead atoms. The third kappa shape index (κ3) is 3.16. The van der Waals surface area contributed by atoms with E-state index in [0.29, 0.717) is 4.90 Å². The Labute approximate surface area is 111 Å². The van der Waals surface area contributed by atoms with Crippen molar-refractivity contribution in [2.45, 2.75) is 55.8 Å². The topological polar surface area (TPSA) is 9.23 Å². The lowest BCUT2D eigenvalue weighted by atomic mass is 10.3. The summed E-state index contributed by atoms with van der Waals surface area (Å²) in [4.78, 5) is 0.348. The maximum absolute atomic E-state index is 13.9. The molecular formula is C14H18F2OS. The molecule has 0 aromatic heterocycles. The molecule has 0 heterocycles. The molecule has 1 aromatic carbocycles. The molecule has 0 amide bonds. The Kier molecular flexibility index (Phi) is 4.49. The molecule has 1 nitrogen and oxygen atoms in total. The predicted octanol–water partition coefficient (Wildman–Crippen LogP) is 4.79. The number of halogens is 2. The van der Waals surface area contributed by atoms with Crippen LogP contribution in [0.3, 0.4) is 0 Å². The SMILES string of the molecule is CC(C)Sc1ccc(OC2CCCC2)c(F)c1F. The van der Waals surface area contributed by atoms with Crippen molar-refractivity contribution in [3.05, 3.63) is 23.8 Å². The van der Waals surface area contributed by atoms with E-state index in [1.807, 2.05) is 13.8 Å². The Morgan fingerprint density at radius 2 is 1.83 bits per heavy atom. The normalized spacial score (nSPS) is 16.5. The molecule has 0 spiro atoms. The Balaban J connectivity index is 2.14. The molecule has 0 saturated heterocycles. The van der Waals surface area contributed by atoms with E-state index in [9.17, 15) is 8.78 Å². The zero-order valence-electron chi connectivity index (χ0n) is 10.7. The highest BCUT2D eigenvalue weighted by Crippen LogP contribution is 2.33. The lowest BCUT2D eigenvalue weighted by Gasteiger charge is -2.15. The minimum absolute atomic E-state index is 0.0440. The van der Waals surface area contributed by atoms with Crippen molar-refractivity contribution in [3.63, 3.8) is 0 Å². The summed E-state index contributed by atoms with van der Waals surface area (Å²) in [5.74, 6) is -1.59. The fourth-order valence-electron chi connectivity index (χ4n) is 2.14. The van der Waals surface area contributed by atoms with Gasteiger partial charge in [-0.3, -0.25) is 0 Å². The number of benzene rings is 1. The highest BCUT2D eigenvalue weighted by Gasteiger charge is 2.21. The van der Waals surface area contributed by atoms with Gasteiger partial charge in [-0.15, -0.1) is 11.8 Å². The fraction of sp³-hybridized carbons (Fsp3) is 0.571. The van der Waals surface area contributed by atoms with Gasteiger partial charge in [-0.05, 0) is 37.8 Å². The molecule has 4 heteroatoms. The summed E-state index contributed by atoms with van der Waals surface area (Å²) < 4.78 is 33.2. The third-order valence-electron chi connectivity index (χ3n) is 2.97. The highest BCUT2D eigenvalue weighted by atomic mass is 32.2. The van der Waals surface area contributed by atoms with E-state index in [-0.39, 0.29) is 17.1 Å². The zero-order valence-corrected chi connectivity index (χ0v) is 11.5. The molecule has 18 heavy (non-hydrogen) atoms. The smallest absolute Gasteiger partial charge is 0.201 e. The molecule has 0 N–H and O–H groups in total. The Hall–Kier alpha value is -0.770. The van der Waals surface area contributed by atoms with Crippen LogP contribution >= 0.6 is 11.8 Å². The van der Waals surface area contributed by atoms with Gasteiger partial charge in [0.05, 0.1) is 6.10 Å². The number of thioether (sulfide) groups is 1. The average Bonchev–Trinajstić information content (AvgIpc) is 2.81. The first-order valence-electron chi connectivity index (χ1n) is 6.39. The standard InChI is InChI=1S/C14H18F2OS/c1-9(2)18-12-8-7-11(13(15)14(12)16)17-10-5-3-4-6-10/h7-10H,3-6H2,1-2H3. The van der Waals surface area contributed by atoms with Gasteiger partial charge in [-0.2, -0.15) is 4.39 Å². The quantitative estimate of drug-likeness (QED) is 0.729. The van der Waals surface area contributed by atoms with E-state index in [4.69, 9.17) is 4.74 Å². The summed E-state index contributed by atoms with van der Waals surface area (Å²) in [6.07, 6.45) is 4.13. The van der Waals surface area contributed by atoms with E-state index >= 15 is 0 Å². The summed E-state index contributed by atoms with van der Waals surface area (Å²) >= 11 is 1.32. The van der Waals surface area contributed by atoms with Gasteiger partial charge in [0, 0.05) is 10.1 Å². The number of hydrogen-bond donors (Lipinski definition) is 0. The average molecular weight is 272 g/mol. The molecule has 1 saturated carbocycles. The van der Waals surface area contributed by atoms with Gasteiger partial charge in [0.1, 0.15) is 0 Å². The van der Waals surface area contributed by atoms with Crippen LogP contribution in [-0.4, -0.2) is 11.4 Å². The van der Waals surface area contributed by atoms with Crippen LogP contribution in [0.2, 0.25) is 0 Å². The summed E-state index contributed by atoms with van der Waals surface area (Å²) in [6, 6.07) is 3.15. The summed E-state index contributed by atoms with van der Waals surface area (Å²) in [5, 5.41) is 0.223. The molecule has 1 fully saturated rings. The van der Waals surface area contributed by atoms with Crippen molar-refractivity contribution < 1.29 is 13.5 Å². The van der Waals surface area contributed by atoms with Crippen LogP contribution in [-0.2, 0) is 0 Å². The Morgan fingerprint density at radius 3 is 2.44 bits per heavy atom. The fourth-order valence-corrected chi connectivity index (χ4v) is 2.98. The number of hydrogen-bond acceptors (Lipinski definition) is 2. The van der Waals surface area contributed by atoms with E-state index < -0.39 is 11.6 Å². The van der Waals surface area contributed by atoms with Crippen molar-refractivity contribution in [2.24, 2.45) is 0 Å². The van der Waals surface area contributed by atoms with Crippen molar-refractivity contribution in [1.29, 1.82) is 0 Å². The van der Waals surface area contributed by atoms with Crippen molar-refractivity contribution in [2.75, 3.05) is 0 Å². The van der Waals surface area contributed by atoms with Gasteiger partial charge in [0.2, 0.25) is 5.82 Å². The van der Waals surface area contributed by atoms with Crippen molar-refractivity contribution >= 4 is 11.8 Å². The van der Waals surface area contributed by atoms with Crippen LogP contribution in [0.15, 0.2) is 17.0 Å². The van der Waals surface area contributed by atoms with Gasteiger partial charge in [0.15, 0.2) is 11.6 Å². The summed E-state index contributed by atoms with van der Waals surface area (Å²) in [5.41, 5.74) is 0. The first-order chi connectivity index (χ1) is 8.58. The molecule has 1 aliphatic carbocycles. The minimum Gasteiger partial charge on any atom is -0.487 e. The van der Waals surface area contributed by atoms with Gasteiger partial charge >= 0.3 is 0 Å². The van der Waals surface area contributed by atoms with E-state index in [2.05, 4.69) is 0 Å². The number of ether oxygens (including phenoxy) is 1. The molecule has 0 atom stereocenters. The second-order valence-corrected chi connectivity index (χ2v) is 6.50. The molecular weight excluding hydrogens is 254 g/mol. The molecule has 1 aromatic rings. The lowest BCUT2D eigenvalue weighted by molar-refractivity contribution is 0.197. The maximum Gasteiger partial charge on any atom is 0.201 e. The van der Waals surface area contributed by atoms with Gasteiger partial charge < -0.3 is 4.74 Å². The maximum atomic E-state index is 13.9. The molecule has 2 rings (SSSR count). The molecule has 0 aliphatic heterocycles. The van der Waals surface area contributed by atoms with E-state index in [1.165, 1.54) is 11.8 Å². The predicted molar refractivity (Wildman–Crippen MR) is 70.2 cm³/mol. The third-order valence-corrected chi connectivity index (χ3v) is 4.01. The van der Waals surface area contributed by atoms with Crippen molar-refractivity contribution in [3.8, 4) is 5.75 Å². The largest absolute Gasteiger partial charge is 0.487 e. The van der Waals surface area contributed by atoms with E-state index in [1.54, 1.807) is 12.1 Å². The van der Waals surface area contributed by atoms with Gasteiger partial charge in [-0.1, -0.05) is 13.8 Å². The van der Waals surface area contributed by atoms with Gasteiger partial charge in [0.25, 0.3) is 0 Å². The lowest BCUT2D eigenvalue weighted by Crippen LogP contribution is -2.12. The van der Waals surface area contributed by atoms with Crippen molar-refractivity contribution in [1.82, 2.24) is 0 Å². The Morgan fingerprint density at radius 1 is 1.17 bits per heavy atom. The Bertz CT molecular complexity index is 415. The number of rotatable bonds is 4. The molecule has 0 unspecified atom stereocenters. The summed E-state index contributed by atoms with van der Waals surface area (Å²) in [7, 11) is 0. The van der Waals surface area contributed by atoms with Crippen LogP contribution in [0.5, 0.6) is 5.75 Å². The minimum atomic E-state index is -0.854. The highest BCUT2D eigenvalue weighted by molar-refractivity contribution is 7.99. The monoisotopic (exact) mass is 272 g/mol. The van der Waals surface area contributed by atoms with Crippen LogP contribution in [0.25, 0.3) is 0 Å². The first kappa shape index (κ1) is 13.7. The molecule has 0 radical (unpaired) electrons. The van der Waals surface area contributed by atoms with E-state index in [0.717, 1.165) is 25.7 Å².